The lowest BCUT2D eigenvalue weighted by Gasteiger charge is -2.10. The molecular weight excluding hydrogens is 264 g/mol. The number of phenolic OH excluding ortho intramolecular Hbond substituents is 1. The molecule has 0 saturated heterocycles. The highest BCUT2D eigenvalue weighted by Crippen LogP contribution is 2.32. The Labute approximate surface area is 124 Å². The third-order valence-electron chi connectivity index (χ3n) is 4.26. The van der Waals surface area contributed by atoms with Gasteiger partial charge in [-0.25, -0.2) is 4.98 Å². The first-order valence-electron chi connectivity index (χ1n) is 7.58. The van der Waals surface area contributed by atoms with E-state index >= 15 is 0 Å². The van der Waals surface area contributed by atoms with Gasteiger partial charge in [-0.15, -0.1) is 0 Å². The van der Waals surface area contributed by atoms with E-state index in [-0.39, 0.29) is 11.8 Å². The van der Waals surface area contributed by atoms with E-state index < -0.39 is 0 Å². The summed E-state index contributed by atoms with van der Waals surface area (Å²) >= 11 is 0. The minimum Gasteiger partial charge on any atom is -0.508 e. The molecule has 21 heavy (non-hydrogen) atoms. The van der Waals surface area contributed by atoms with Crippen molar-refractivity contribution in [2.45, 2.75) is 44.1 Å². The SMILES string of the molecule is Cn1nc(C2CCCC2)nc1C(N)Cc1ccc(O)cc1. The van der Waals surface area contributed by atoms with Crippen molar-refractivity contribution in [1.29, 1.82) is 0 Å². The van der Waals surface area contributed by atoms with Crippen molar-refractivity contribution in [3.05, 3.63) is 41.5 Å². The number of hydrogen-bond donors (Lipinski definition) is 2. The highest BCUT2D eigenvalue weighted by atomic mass is 16.3. The van der Waals surface area contributed by atoms with E-state index in [2.05, 4.69) is 10.1 Å². The van der Waals surface area contributed by atoms with Crippen LogP contribution in [0.4, 0.5) is 0 Å². The third kappa shape index (κ3) is 3.08. The Balaban J connectivity index is 1.74. The zero-order chi connectivity index (χ0) is 14.8. The zero-order valence-electron chi connectivity index (χ0n) is 12.4. The van der Waals surface area contributed by atoms with Crippen LogP contribution in [0.2, 0.25) is 0 Å². The van der Waals surface area contributed by atoms with Crippen LogP contribution in [0.1, 0.15) is 54.9 Å². The predicted molar refractivity (Wildman–Crippen MR) is 81.0 cm³/mol. The van der Waals surface area contributed by atoms with Crippen LogP contribution in [0.3, 0.4) is 0 Å². The number of nitrogens with two attached hydrogens (primary N) is 1. The maximum Gasteiger partial charge on any atom is 0.154 e. The summed E-state index contributed by atoms with van der Waals surface area (Å²) in [5.74, 6) is 2.57. The van der Waals surface area contributed by atoms with Crippen LogP contribution in [0.5, 0.6) is 5.75 Å². The molecule has 5 nitrogen and oxygen atoms in total. The fourth-order valence-corrected chi connectivity index (χ4v) is 3.07. The summed E-state index contributed by atoms with van der Waals surface area (Å²) in [5, 5.41) is 13.9. The Kier molecular flexibility index (Phi) is 3.92. The van der Waals surface area contributed by atoms with Gasteiger partial charge in [-0.1, -0.05) is 25.0 Å². The van der Waals surface area contributed by atoms with E-state index in [1.54, 1.807) is 12.1 Å². The molecule has 1 saturated carbocycles. The van der Waals surface area contributed by atoms with E-state index in [0.29, 0.717) is 12.3 Å². The van der Waals surface area contributed by atoms with Crippen molar-refractivity contribution in [1.82, 2.24) is 14.8 Å². The van der Waals surface area contributed by atoms with Gasteiger partial charge < -0.3 is 10.8 Å². The molecule has 3 N–H and O–H groups in total. The van der Waals surface area contributed by atoms with Gasteiger partial charge in [0.1, 0.15) is 11.6 Å². The highest BCUT2D eigenvalue weighted by molar-refractivity contribution is 5.26. The molecule has 0 aliphatic heterocycles. The summed E-state index contributed by atoms with van der Waals surface area (Å²) < 4.78 is 1.82. The van der Waals surface area contributed by atoms with Crippen molar-refractivity contribution in [3.63, 3.8) is 0 Å². The van der Waals surface area contributed by atoms with E-state index in [4.69, 9.17) is 5.73 Å². The van der Waals surface area contributed by atoms with Crippen molar-refractivity contribution >= 4 is 0 Å². The van der Waals surface area contributed by atoms with Gasteiger partial charge in [0.15, 0.2) is 5.82 Å². The molecule has 0 radical (unpaired) electrons. The molecule has 0 amide bonds. The van der Waals surface area contributed by atoms with Crippen LogP contribution in [-0.2, 0) is 13.5 Å². The van der Waals surface area contributed by atoms with Crippen LogP contribution in [0.15, 0.2) is 24.3 Å². The van der Waals surface area contributed by atoms with Gasteiger partial charge in [-0.05, 0) is 37.0 Å². The van der Waals surface area contributed by atoms with Gasteiger partial charge in [0, 0.05) is 13.0 Å². The largest absolute Gasteiger partial charge is 0.508 e. The summed E-state index contributed by atoms with van der Waals surface area (Å²) in [6.45, 7) is 0. The quantitative estimate of drug-likeness (QED) is 0.905. The van der Waals surface area contributed by atoms with Gasteiger partial charge in [0.25, 0.3) is 0 Å². The maximum absolute atomic E-state index is 9.32. The van der Waals surface area contributed by atoms with Crippen molar-refractivity contribution in [3.8, 4) is 5.75 Å². The molecule has 2 aromatic rings. The molecule has 0 spiro atoms. The first-order chi connectivity index (χ1) is 10.1. The van der Waals surface area contributed by atoms with Gasteiger partial charge in [0.2, 0.25) is 0 Å². The van der Waals surface area contributed by atoms with Gasteiger partial charge in [-0.3, -0.25) is 4.68 Å². The van der Waals surface area contributed by atoms with Crippen molar-refractivity contribution in [2.75, 3.05) is 0 Å². The predicted octanol–water partition coefficient (Wildman–Crippen LogP) is 2.42. The number of hydrogen-bond acceptors (Lipinski definition) is 4. The second kappa shape index (κ2) is 5.85. The van der Waals surface area contributed by atoms with Crippen LogP contribution in [0.25, 0.3) is 0 Å². The first kappa shape index (κ1) is 14.1. The monoisotopic (exact) mass is 286 g/mol. The topological polar surface area (TPSA) is 77.0 Å². The number of nitrogens with zero attached hydrogens (tertiary/aromatic N) is 3. The third-order valence-corrected chi connectivity index (χ3v) is 4.26. The Morgan fingerprint density at radius 2 is 1.95 bits per heavy atom. The van der Waals surface area contributed by atoms with E-state index in [1.807, 2.05) is 23.9 Å². The lowest BCUT2D eigenvalue weighted by atomic mass is 10.1. The molecule has 1 aliphatic carbocycles. The molecule has 1 fully saturated rings. The van der Waals surface area contributed by atoms with Crippen molar-refractivity contribution in [2.24, 2.45) is 12.8 Å². The number of benzene rings is 1. The summed E-state index contributed by atoms with van der Waals surface area (Å²) in [5.41, 5.74) is 7.38. The molecule has 1 atom stereocenters. The summed E-state index contributed by atoms with van der Waals surface area (Å²) in [6, 6.07) is 6.97. The lowest BCUT2D eigenvalue weighted by Crippen LogP contribution is -2.18. The average molecular weight is 286 g/mol. The fraction of sp³-hybridized carbons (Fsp3) is 0.500. The molecule has 1 aromatic carbocycles. The van der Waals surface area contributed by atoms with Gasteiger partial charge >= 0.3 is 0 Å². The Morgan fingerprint density at radius 3 is 2.62 bits per heavy atom. The van der Waals surface area contributed by atoms with Crippen LogP contribution < -0.4 is 5.73 Å². The van der Waals surface area contributed by atoms with Gasteiger partial charge in [0.05, 0.1) is 6.04 Å². The maximum atomic E-state index is 9.32. The number of phenols is 1. The fourth-order valence-electron chi connectivity index (χ4n) is 3.07. The second-order valence-corrected chi connectivity index (χ2v) is 5.91. The van der Waals surface area contributed by atoms with Gasteiger partial charge in [-0.2, -0.15) is 5.10 Å². The molecule has 1 heterocycles. The number of aromatic hydroxyl groups is 1. The minimum atomic E-state index is -0.179. The minimum absolute atomic E-state index is 0.179. The average Bonchev–Trinajstić information content (AvgIpc) is 3.10. The normalized spacial score (nSPS) is 17.2. The van der Waals surface area contributed by atoms with E-state index in [9.17, 15) is 5.11 Å². The molecule has 112 valence electrons. The Morgan fingerprint density at radius 1 is 1.29 bits per heavy atom. The number of rotatable bonds is 4. The number of aryl methyl sites for hydroxylation is 1. The smallest absolute Gasteiger partial charge is 0.154 e. The van der Waals surface area contributed by atoms with Crippen molar-refractivity contribution < 1.29 is 5.11 Å². The molecule has 1 unspecified atom stereocenters. The standard InChI is InChI=1S/C16H22N4O/c1-20-16(18-15(19-20)12-4-2-3-5-12)14(17)10-11-6-8-13(21)9-7-11/h6-9,12,14,21H,2-5,10,17H2,1H3. The first-order valence-corrected chi connectivity index (χ1v) is 7.58. The summed E-state index contributed by atoms with van der Waals surface area (Å²) in [6.07, 6.45) is 5.62. The summed E-state index contributed by atoms with van der Waals surface area (Å²) in [4.78, 5) is 4.68. The van der Waals surface area contributed by atoms with Crippen LogP contribution in [-0.4, -0.2) is 19.9 Å². The van der Waals surface area contributed by atoms with Crippen LogP contribution in [0, 0.1) is 0 Å². The number of aromatic nitrogens is 3. The van der Waals surface area contributed by atoms with E-state index in [0.717, 1.165) is 17.2 Å². The molecular formula is C16H22N4O. The molecule has 1 aliphatic rings. The Bertz CT molecular complexity index is 599. The summed E-state index contributed by atoms with van der Waals surface area (Å²) in [7, 11) is 1.91. The molecule has 1 aromatic heterocycles. The zero-order valence-corrected chi connectivity index (χ0v) is 12.4. The highest BCUT2D eigenvalue weighted by Gasteiger charge is 2.24. The second-order valence-electron chi connectivity index (χ2n) is 5.91. The molecule has 0 bridgehead atoms. The molecule has 5 heteroatoms. The lowest BCUT2D eigenvalue weighted by molar-refractivity contribution is 0.475. The Hall–Kier alpha value is -1.88. The molecule has 3 rings (SSSR count). The van der Waals surface area contributed by atoms with Crippen LogP contribution >= 0.6 is 0 Å². The van der Waals surface area contributed by atoms with E-state index in [1.165, 1.54) is 25.7 Å².